The quantitative estimate of drug-likeness (QED) is 0.515. The van der Waals surface area contributed by atoms with E-state index in [4.69, 9.17) is 0 Å². The SMILES string of the molecule is Cc1cc2nc(C)c(CCC(=O)NCCc3ccc(-n4cccn4)cc3)c(C)n2n1. The van der Waals surface area contributed by atoms with Crippen LogP contribution in [-0.4, -0.2) is 36.8 Å². The molecule has 0 saturated carbocycles. The summed E-state index contributed by atoms with van der Waals surface area (Å²) >= 11 is 0. The van der Waals surface area contributed by atoms with E-state index in [1.807, 2.05) is 60.4 Å². The van der Waals surface area contributed by atoms with Crippen LogP contribution < -0.4 is 5.32 Å². The van der Waals surface area contributed by atoms with Crippen LogP contribution in [0.3, 0.4) is 0 Å². The third-order valence-corrected chi connectivity index (χ3v) is 5.33. The van der Waals surface area contributed by atoms with Crippen molar-refractivity contribution in [2.75, 3.05) is 6.54 Å². The largest absolute Gasteiger partial charge is 0.356 e. The molecule has 7 heteroatoms. The van der Waals surface area contributed by atoms with Crippen molar-refractivity contribution in [3.05, 3.63) is 77.0 Å². The topological polar surface area (TPSA) is 77.1 Å². The van der Waals surface area contributed by atoms with Gasteiger partial charge in [0.2, 0.25) is 5.91 Å². The summed E-state index contributed by atoms with van der Waals surface area (Å²) in [6, 6.07) is 12.1. The molecule has 1 N–H and O–H groups in total. The van der Waals surface area contributed by atoms with Gasteiger partial charge in [-0.25, -0.2) is 14.2 Å². The summed E-state index contributed by atoms with van der Waals surface area (Å²) in [6.07, 6.45) is 5.57. The van der Waals surface area contributed by atoms with Gasteiger partial charge in [-0.05, 0) is 62.9 Å². The Morgan fingerprint density at radius 3 is 2.63 bits per heavy atom. The summed E-state index contributed by atoms with van der Waals surface area (Å²) < 4.78 is 3.69. The zero-order valence-corrected chi connectivity index (χ0v) is 17.6. The summed E-state index contributed by atoms with van der Waals surface area (Å²) in [7, 11) is 0. The number of rotatable bonds is 7. The van der Waals surface area contributed by atoms with Gasteiger partial charge in [0.05, 0.1) is 11.4 Å². The molecule has 0 bridgehead atoms. The highest BCUT2D eigenvalue weighted by Crippen LogP contribution is 2.17. The summed E-state index contributed by atoms with van der Waals surface area (Å²) in [5, 5.41) is 11.7. The Hall–Kier alpha value is -3.48. The summed E-state index contributed by atoms with van der Waals surface area (Å²) in [6.45, 7) is 6.61. The molecule has 0 fully saturated rings. The average molecular weight is 403 g/mol. The smallest absolute Gasteiger partial charge is 0.220 e. The Balaban J connectivity index is 1.29. The number of aryl methyl sites for hydroxylation is 3. The van der Waals surface area contributed by atoms with Crippen molar-refractivity contribution in [2.24, 2.45) is 0 Å². The Bertz CT molecular complexity index is 1160. The van der Waals surface area contributed by atoms with E-state index in [0.717, 1.165) is 40.4 Å². The first-order chi connectivity index (χ1) is 14.5. The molecule has 3 aromatic heterocycles. The minimum absolute atomic E-state index is 0.0544. The highest BCUT2D eigenvalue weighted by atomic mass is 16.1. The molecule has 4 rings (SSSR count). The second-order valence-corrected chi connectivity index (χ2v) is 7.53. The Labute approximate surface area is 175 Å². The lowest BCUT2D eigenvalue weighted by atomic mass is 10.1. The van der Waals surface area contributed by atoms with Crippen molar-refractivity contribution in [1.29, 1.82) is 0 Å². The molecule has 0 aliphatic carbocycles. The van der Waals surface area contributed by atoms with Crippen molar-refractivity contribution in [3.63, 3.8) is 0 Å². The van der Waals surface area contributed by atoms with Crippen molar-refractivity contribution >= 4 is 11.6 Å². The van der Waals surface area contributed by atoms with Crippen LogP contribution in [-0.2, 0) is 17.6 Å². The number of nitrogens with zero attached hydrogens (tertiary/aromatic N) is 5. The first kappa shape index (κ1) is 19.8. The van der Waals surface area contributed by atoms with E-state index in [9.17, 15) is 4.79 Å². The minimum atomic E-state index is 0.0544. The lowest BCUT2D eigenvalue weighted by molar-refractivity contribution is -0.121. The lowest BCUT2D eigenvalue weighted by Gasteiger charge is -2.11. The summed E-state index contributed by atoms with van der Waals surface area (Å²) in [5.41, 5.74) is 7.11. The average Bonchev–Trinajstić information content (AvgIpc) is 3.38. The van der Waals surface area contributed by atoms with Crippen LogP contribution in [0, 0.1) is 20.8 Å². The third kappa shape index (κ3) is 4.25. The molecule has 30 heavy (non-hydrogen) atoms. The molecule has 0 radical (unpaired) electrons. The van der Waals surface area contributed by atoms with Gasteiger partial charge in [0.15, 0.2) is 5.65 Å². The molecule has 0 aliphatic rings. The molecular formula is C23H26N6O. The van der Waals surface area contributed by atoms with Crippen LogP contribution in [0.1, 0.15) is 34.6 Å². The fraction of sp³-hybridized carbons (Fsp3) is 0.304. The first-order valence-electron chi connectivity index (χ1n) is 10.2. The van der Waals surface area contributed by atoms with E-state index in [1.165, 1.54) is 5.56 Å². The predicted octanol–water partition coefficient (Wildman–Crippen LogP) is 3.13. The number of carbonyl (C=O) groups is 1. The van der Waals surface area contributed by atoms with Crippen LogP contribution in [0.25, 0.3) is 11.3 Å². The van der Waals surface area contributed by atoms with E-state index in [2.05, 4.69) is 32.6 Å². The molecule has 0 unspecified atom stereocenters. The highest BCUT2D eigenvalue weighted by Gasteiger charge is 2.12. The second-order valence-electron chi connectivity index (χ2n) is 7.53. The minimum Gasteiger partial charge on any atom is -0.356 e. The van der Waals surface area contributed by atoms with Crippen molar-refractivity contribution in [2.45, 2.75) is 40.0 Å². The third-order valence-electron chi connectivity index (χ3n) is 5.33. The number of carbonyl (C=O) groups excluding carboxylic acids is 1. The van der Waals surface area contributed by atoms with Gasteiger partial charge in [0.25, 0.3) is 0 Å². The molecule has 0 atom stereocenters. The number of hydrogen-bond donors (Lipinski definition) is 1. The van der Waals surface area contributed by atoms with Gasteiger partial charge >= 0.3 is 0 Å². The molecule has 0 aliphatic heterocycles. The standard InChI is InChI=1S/C23H26N6O/c1-16-15-22-26-17(2)21(18(3)29(22)27-16)9-10-23(30)24-13-11-19-5-7-20(8-6-19)28-14-4-12-25-28/h4-8,12,14-15H,9-11,13H2,1-3H3,(H,24,30). The number of fused-ring (bicyclic) bond motifs is 1. The van der Waals surface area contributed by atoms with E-state index in [-0.39, 0.29) is 5.91 Å². The molecular weight excluding hydrogens is 376 g/mol. The Kier molecular flexibility index (Phi) is 5.61. The van der Waals surface area contributed by atoms with E-state index >= 15 is 0 Å². The van der Waals surface area contributed by atoms with Gasteiger partial charge < -0.3 is 5.32 Å². The monoisotopic (exact) mass is 402 g/mol. The normalized spacial score (nSPS) is 11.2. The molecule has 1 aromatic carbocycles. The Morgan fingerprint density at radius 1 is 1.10 bits per heavy atom. The van der Waals surface area contributed by atoms with E-state index in [0.29, 0.717) is 19.4 Å². The number of hydrogen-bond acceptors (Lipinski definition) is 4. The molecule has 7 nitrogen and oxygen atoms in total. The molecule has 0 saturated heterocycles. The molecule has 154 valence electrons. The van der Waals surface area contributed by atoms with E-state index < -0.39 is 0 Å². The number of aromatic nitrogens is 5. The summed E-state index contributed by atoms with van der Waals surface area (Å²) in [5.74, 6) is 0.0544. The van der Waals surface area contributed by atoms with Crippen LogP contribution in [0.15, 0.2) is 48.8 Å². The molecule has 1 amide bonds. The fourth-order valence-electron chi connectivity index (χ4n) is 3.71. The molecule has 0 spiro atoms. The van der Waals surface area contributed by atoms with E-state index in [1.54, 1.807) is 6.20 Å². The van der Waals surface area contributed by atoms with Gasteiger partial charge in [-0.3, -0.25) is 4.79 Å². The zero-order valence-electron chi connectivity index (χ0n) is 17.6. The van der Waals surface area contributed by atoms with Gasteiger partial charge in [0, 0.05) is 42.8 Å². The maximum atomic E-state index is 12.3. The second kappa shape index (κ2) is 8.49. The number of benzene rings is 1. The van der Waals surface area contributed by atoms with Crippen molar-refractivity contribution in [3.8, 4) is 5.69 Å². The maximum Gasteiger partial charge on any atom is 0.220 e. The highest BCUT2D eigenvalue weighted by molar-refractivity contribution is 5.76. The van der Waals surface area contributed by atoms with Gasteiger partial charge in [-0.1, -0.05) is 12.1 Å². The van der Waals surface area contributed by atoms with Crippen LogP contribution >= 0.6 is 0 Å². The predicted molar refractivity (Wildman–Crippen MR) is 116 cm³/mol. The first-order valence-corrected chi connectivity index (χ1v) is 10.2. The van der Waals surface area contributed by atoms with Crippen LogP contribution in [0.5, 0.6) is 0 Å². The number of amides is 1. The van der Waals surface area contributed by atoms with Crippen molar-refractivity contribution < 1.29 is 4.79 Å². The summed E-state index contributed by atoms with van der Waals surface area (Å²) in [4.78, 5) is 17.0. The van der Waals surface area contributed by atoms with Crippen molar-refractivity contribution in [1.82, 2.24) is 29.7 Å². The lowest BCUT2D eigenvalue weighted by Crippen LogP contribution is -2.26. The number of nitrogens with one attached hydrogen (secondary N) is 1. The fourth-order valence-corrected chi connectivity index (χ4v) is 3.71. The molecule has 3 heterocycles. The van der Waals surface area contributed by atoms with Crippen LogP contribution in [0.2, 0.25) is 0 Å². The van der Waals surface area contributed by atoms with Gasteiger partial charge in [-0.2, -0.15) is 10.2 Å². The van der Waals surface area contributed by atoms with Crippen LogP contribution in [0.4, 0.5) is 0 Å². The zero-order chi connectivity index (χ0) is 21.1. The molecule has 4 aromatic rings. The Morgan fingerprint density at radius 2 is 1.90 bits per heavy atom. The van der Waals surface area contributed by atoms with Gasteiger partial charge in [0.1, 0.15) is 0 Å². The maximum absolute atomic E-state index is 12.3. The van der Waals surface area contributed by atoms with Gasteiger partial charge in [-0.15, -0.1) is 0 Å².